The maximum atomic E-state index is 11.8. The van der Waals surface area contributed by atoms with Gasteiger partial charge in [0, 0.05) is 17.8 Å². The number of halogens is 2. The number of nitrogens with one attached hydrogen (secondary N) is 1. The second kappa shape index (κ2) is 7.23. The summed E-state index contributed by atoms with van der Waals surface area (Å²) in [4.78, 5) is 0.297. The lowest BCUT2D eigenvalue weighted by Gasteiger charge is -2.12. The summed E-state index contributed by atoms with van der Waals surface area (Å²) in [5.41, 5.74) is 8.19. The molecule has 1 aromatic rings. The average Bonchev–Trinajstić information content (AvgIpc) is 2.27. The van der Waals surface area contributed by atoms with Crippen molar-refractivity contribution in [2.24, 2.45) is 5.73 Å². The summed E-state index contributed by atoms with van der Waals surface area (Å²) in [7, 11) is 0. The second-order valence-corrected chi connectivity index (χ2v) is 4.25. The van der Waals surface area contributed by atoms with Gasteiger partial charge in [0.25, 0.3) is 6.43 Å². The van der Waals surface area contributed by atoms with Gasteiger partial charge in [-0.2, -0.15) is 0 Å². The van der Waals surface area contributed by atoms with Gasteiger partial charge in [-0.1, -0.05) is 18.3 Å². The zero-order valence-corrected chi connectivity index (χ0v) is 10.9. The van der Waals surface area contributed by atoms with Gasteiger partial charge in [-0.25, -0.2) is 8.78 Å². The zero-order chi connectivity index (χ0) is 13.5. The summed E-state index contributed by atoms with van der Waals surface area (Å²) in [5.74, 6) is 0. The Morgan fingerprint density at radius 1 is 1.50 bits per heavy atom. The number of hydrogen-bond donors (Lipinski definition) is 2. The molecule has 0 aromatic heterocycles. The van der Waals surface area contributed by atoms with Gasteiger partial charge in [0.2, 0.25) is 0 Å². The third-order valence-corrected chi connectivity index (χ3v) is 2.47. The lowest BCUT2D eigenvalue weighted by atomic mass is 10.1. The number of ether oxygens (including phenoxy) is 1. The van der Waals surface area contributed by atoms with Crippen molar-refractivity contribution in [3.05, 3.63) is 29.3 Å². The van der Waals surface area contributed by atoms with Crippen LogP contribution in [0.1, 0.15) is 11.1 Å². The number of aryl methyl sites for hydroxylation is 1. The molecule has 0 bridgehead atoms. The van der Waals surface area contributed by atoms with Gasteiger partial charge in [-0.05, 0) is 24.6 Å². The van der Waals surface area contributed by atoms with Crippen LogP contribution in [0, 0.1) is 6.92 Å². The highest BCUT2D eigenvalue weighted by Crippen LogP contribution is 2.17. The number of alkyl halides is 2. The summed E-state index contributed by atoms with van der Waals surface area (Å²) >= 11 is 4.94. The van der Waals surface area contributed by atoms with E-state index in [1.54, 1.807) is 0 Å². The monoisotopic (exact) mass is 274 g/mol. The molecule has 0 heterocycles. The van der Waals surface area contributed by atoms with Gasteiger partial charge < -0.3 is 15.8 Å². The van der Waals surface area contributed by atoms with Crippen LogP contribution in [0.2, 0.25) is 0 Å². The van der Waals surface area contributed by atoms with Crippen molar-refractivity contribution in [1.29, 1.82) is 0 Å². The van der Waals surface area contributed by atoms with E-state index in [2.05, 4.69) is 5.32 Å². The van der Waals surface area contributed by atoms with E-state index in [-0.39, 0.29) is 6.61 Å². The Morgan fingerprint density at radius 2 is 2.22 bits per heavy atom. The molecule has 0 fully saturated rings. The Morgan fingerprint density at radius 3 is 2.83 bits per heavy atom. The van der Waals surface area contributed by atoms with Gasteiger partial charge in [0.15, 0.2) is 0 Å². The number of thiocarbonyl (C=S) groups is 1. The molecule has 0 amide bonds. The summed E-state index contributed by atoms with van der Waals surface area (Å²) < 4.78 is 28.4. The SMILES string of the molecule is Cc1ccc(C(N)=S)c(NCCOCC(F)F)c1. The number of rotatable bonds is 7. The molecular formula is C12H16F2N2OS. The predicted octanol–water partition coefficient (Wildman–Crippen LogP) is 2.32. The predicted molar refractivity (Wildman–Crippen MR) is 72.4 cm³/mol. The fourth-order valence-corrected chi connectivity index (χ4v) is 1.63. The van der Waals surface area contributed by atoms with Gasteiger partial charge in [-0.3, -0.25) is 0 Å². The smallest absolute Gasteiger partial charge is 0.261 e. The topological polar surface area (TPSA) is 47.3 Å². The van der Waals surface area contributed by atoms with Crippen molar-refractivity contribution in [3.63, 3.8) is 0 Å². The Labute approximate surface area is 110 Å². The molecule has 0 aliphatic heterocycles. The molecule has 0 aliphatic carbocycles. The normalized spacial score (nSPS) is 10.7. The molecule has 0 saturated heterocycles. The fraction of sp³-hybridized carbons (Fsp3) is 0.417. The molecule has 3 N–H and O–H groups in total. The van der Waals surface area contributed by atoms with Crippen molar-refractivity contribution in [1.82, 2.24) is 0 Å². The molecule has 18 heavy (non-hydrogen) atoms. The second-order valence-electron chi connectivity index (χ2n) is 3.81. The van der Waals surface area contributed by atoms with Gasteiger partial charge in [-0.15, -0.1) is 0 Å². The molecule has 0 atom stereocenters. The van der Waals surface area contributed by atoms with Crippen molar-refractivity contribution < 1.29 is 13.5 Å². The largest absolute Gasteiger partial charge is 0.389 e. The number of hydrogen-bond acceptors (Lipinski definition) is 3. The maximum absolute atomic E-state index is 11.8. The van der Waals surface area contributed by atoms with Crippen LogP contribution in [0.15, 0.2) is 18.2 Å². The Balaban J connectivity index is 2.50. The lowest BCUT2D eigenvalue weighted by Crippen LogP contribution is -2.17. The highest BCUT2D eigenvalue weighted by atomic mass is 32.1. The molecule has 1 rings (SSSR count). The Bertz CT molecular complexity index is 413. The molecule has 6 heteroatoms. The van der Waals surface area contributed by atoms with E-state index in [0.29, 0.717) is 11.5 Å². The van der Waals surface area contributed by atoms with E-state index < -0.39 is 13.0 Å². The van der Waals surface area contributed by atoms with Crippen molar-refractivity contribution in [2.75, 3.05) is 25.1 Å². The molecular weight excluding hydrogens is 258 g/mol. The van der Waals surface area contributed by atoms with Crippen LogP contribution in [0.3, 0.4) is 0 Å². The van der Waals surface area contributed by atoms with E-state index in [1.165, 1.54) is 0 Å². The summed E-state index contributed by atoms with van der Waals surface area (Å²) in [5, 5.41) is 3.07. The van der Waals surface area contributed by atoms with Crippen molar-refractivity contribution >= 4 is 22.9 Å². The molecule has 3 nitrogen and oxygen atoms in total. The average molecular weight is 274 g/mol. The third-order valence-electron chi connectivity index (χ3n) is 2.25. The molecule has 0 saturated carbocycles. The molecule has 0 spiro atoms. The summed E-state index contributed by atoms with van der Waals surface area (Å²) in [6, 6.07) is 5.65. The van der Waals surface area contributed by atoms with Crippen molar-refractivity contribution in [2.45, 2.75) is 13.3 Å². The highest BCUT2D eigenvalue weighted by molar-refractivity contribution is 7.80. The van der Waals surface area contributed by atoms with Gasteiger partial charge >= 0.3 is 0 Å². The first-order chi connectivity index (χ1) is 8.50. The van der Waals surface area contributed by atoms with E-state index in [4.69, 9.17) is 22.7 Å². The molecule has 0 radical (unpaired) electrons. The molecule has 1 aromatic carbocycles. The molecule has 0 unspecified atom stereocenters. The van der Waals surface area contributed by atoms with Crippen LogP contribution >= 0.6 is 12.2 Å². The van der Waals surface area contributed by atoms with E-state index >= 15 is 0 Å². The van der Waals surface area contributed by atoms with Crippen LogP contribution in [0.25, 0.3) is 0 Å². The number of anilines is 1. The first kappa shape index (κ1) is 14.8. The van der Waals surface area contributed by atoms with E-state index in [0.717, 1.165) is 16.8 Å². The van der Waals surface area contributed by atoms with Gasteiger partial charge in [0.1, 0.15) is 11.6 Å². The standard InChI is InChI=1S/C12H16F2N2OS/c1-8-2-3-9(12(15)18)10(6-8)16-4-5-17-7-11(13)14/h2-3,6,11,16H,4-5,7H2,1H3,(H2,15,18). The zero-order valence-electron chi connectivity index (χ0n) is 10.1. The third kappa shape index (κ3) is 4.93. The van der Waals surface area contributed by atoms with E-state index in [9.17, 15) is 8.78 Å². The van der Waals surface area contributed by atoms with Crippen LogP contribution in [-0.4, -0.2) is 31.2 Å². The quantitative estimate of drug-likeness (QED) is 0.592. The van der Waals surface area contributed by atoms with Crippen LogP contribution in [0.5, 0.6) is 0 Å². The maximum Gasteiger partial charge on any atom is 0.261 e. The minimum Gasteiger partial charge on any atom is -0.389 e. The first-order valence-electron chi connectivity index (χ1n) is 5.51. The first-order valence-corrected chi connectivity index (χ1v) is 5.91. The van der Waals surface area contributed by atoms with Crippen LogP contribution < -0.4 is 11.1 Å². The minimum atomic E-state index is -2.43. The highest BCUT2D eigenvalue weighted by Gasteiger charge is 2.05. The van der Waals surface area contributed by atoms with Gasteiger partial charge in [0.05, 0.1) is 6.61 Å². The van der Waals surface area contributed by atoms with E-state index in [1.807, 2.05) is 25.1 Å². The van der Waals surface area contributed by atoms with Crippen LogP contribution in [-0.2, 0) is 4.74 Å². The number of benzene rings is 1. The fourth-order valence-electron chi connectivity index (χ4n) is 1.45. The molecule has 0 aliphatic rings. The number of nitrogens with two attached hydrogens (primary N) is 1. The summed E-state index contributed by atoms with van der Waals surface area (Å²) in [6.07, 6.45) is -2.43. The Kier molecular flexibility index (Phi) is 5.94. The van der Waals surface area contributed by atoms with Crippen LogP contribution in [0.4, 0.5) is 14.5 Å². The summed E-state index contributed by atoms with van der Waals surface area (Å²) in [6.45, 7) is 2.03. The Hall–Kier alpha value is -1.27. The lowest BCUT2D eigenvalue weighted by molar-refractivity contribution is 0.0215. The van der Waals surface area contributed by atoms with Crippen molar-refractivity contribution in [3.8, 4) is 0 Å². The molecule has 100 valence electrons. The minimum absolute atomic E-state index is 0.203.